The van der Waals surface area contributed by atoms with Crippen LogP contribution in [0.3, 0.4) is 0 Å². The van der Waals surface area contributed by atoms with Gasteiger partial charge >= 0.3 is 0 Å². The summed E-state index contributed by atoms with van der Waals surface area (Å²) in [5.74, 6) is -0.519. The molecule has 0 radical (unpaired) electrons. The number of amides is 2. The molecule has 1 fully saturated rings. The Morgan fingerprint density at radius 1 is 0.955 bits per heavy atom. The number of sulfonamides is 1. The molecule has 2 amide bonds. The van der Waals surface area contributed by atoms with Crippen LogP contribution in [-0.2, 0) is 26.2 Å². The molecule has 0 aromatic heterocycles. The lowest BCUT2D eigenvalue weighted by molar-refractivity contribution is -0.140. The van der Waals surface area contributed by atoms with Gasteiger partial charge in [0.15, 0.2) is 0 Å². The summed E-state index contributed by atoms with van der Waals surface area (Å²) in [5, 5.41) is 3.92. The maximum atomic E-state index is 14.4. The fourth-order valence-electron chi connectivity index (χ4n) is 5.47. The van der Waals surface area contributed by atoms with E-state index < -0.39 is 28.5 Å². The summed E-state index contributed by atoms with van der Waals surface area (Å²) < 4.78 is 35.1. The van der Waals surface area contributed by atoms with Crippen molar-refractivity contribution in [2.45, 2.75) is 75.9 Å². The van der Waals surface area contributed by atoms with Gasteiger partial charge in [-0.25, -0.2) is 8.42 Å². The van der Waals surface area contributed by atoms with Crippen LogP contribution >= 0.6 is 23.2 Å². The van der Waals surface area contributed by atoms with Crippen LogP contribution in [0.2, 0.25) is 10.0 Å². The van der Waals surface area contributed by atoms with E-state index in [1.54, 1.807) is 67.6 Å². The molecule has 4 rings (SSSR count). The highest BCUT2D eigenvalue weighted by Crippen LogP contribution is 2.33. The molecular formula is C33H39Cl2N3O5S. The fourth-order valence-corrected chi connectivity index (χ4v) is 7.38. The number of rotatable bonds is 13. The van der Waals surface area contributed by atoms with Crippen LogP contribution in [0.25, 0.3) is 0 Å². The predicted octanol–water partition coefficient (Wildman–Crippen LogP) is 6.84. The summed E-state index contributed by atoms with van der Waals surface area (Å²) >= 11 is 12.7. The number of carbonyl (C=O) groups is 2. The predicted molar refractivity (Wildman–Crippen MR) is 175 cm³/mol. The summed E-state index contributed by atoms with van der Waals surface area (Å²) in [7, 11) is -4.22. The average Bonchev–Trinajstić information content (AvgIpc) is 3.02. The smallest absolute Gasteiger partial charge is 0.264 e. The highest BCUT2D eigenvalue weighted by Gasteiger charge is 2.35. The Kier molecular flexibility index (Phi) is 11.9. The van der Waals surface area contributed by atoms with E-state index in [-0.39, 0.29) is 29.1 Å². The van der Waals surface area contributed by atoms with Crippen molar-refractivity contribution in [2.24, 2.45) is 0 Å². The second-order valence-electron chi connectivity index (χ2n) is 10.8. The van der Waals surface area contributed by atoms with Crippen molar-refractivity contribution < 1.29 is 22.7 Å². The Balaban J connectivity index is 1.75. The van der Waals surface area contributed by atoms with E-state index in [0.29, 0.717) is 34.4 Å². The van der Waals surface area contributed by atoms with Gasteiger partial charge in [0.1, 0.15) is 18.3 Å². The molecule has 0 saturated heterocycles. The summed E-state index contributed by atoms with van der Waals surface area (Å²) in [6.07, 6.45) is 5.30. The SMILES string of the molecule is CCOc1ccccc1N(CC(=O)N(Cc1ccc(Cl)cc1Cl)C(CC)C(=O)NC1CCCCC1)S(=O)(=O)c1ccccc1. The molecule has 1 atom stereocenters. The number of nitrogens with one attached hydrogen (secondary N) is 1. The Morgan fingerprint density at radius 3 is 2.30 bits per heavy atom. The van der Waals surface area contributed by atoms with Crippen molar-refractivity contribution in [3.8, 4) is 5.75 Å². The molecule has 0 aliphatic heterocycles. The number of benzene rings is 3. The highest BCUT2D eigenvalue weighted by atomic mass is 35.5. The van der Waals surface area contributed by atoms with E-state index in [4.69, 9.17) is 27.9 Å². The Morgan fingerprint density at radius 2 is 1.64 bits per heavy atom. The number of carbonyl (C=O) groups excluding carboxylic acids is 2. The van der Waals surface area contributed by atoms with Gasteiger partial charge in [-0.15, -0.1) is 0 Å². The molecule has 1 unspecified atom stereocenters. The van der Waals surface area contributed by atoms with E-state index in [1.165, 1.54) is 17.0 Å². The third-order valence-electron chi connectivity index (χ3n) is 7.74. The quantitative estimate of drug-likeness (QED) is 0.217. The van der Waals surface area contributed by atoms with Crippen molar-refractivity contribution in [3.05, 3.63) is 88.4 Å². The minimum absolute atomic E-state index is 0.0161. The Bertz CT molecular complexity index is 1530. The third kappa shape index (κ3) is 8.25. The monoisotopic (exact) mass is 659 g/mol. The third-order valence-corrected chi connectivity index (χ3v) is 10.1. The van der Waals surface area contributed by atoms with Crippen molar-refractivity contribution in [2.75, 3.05) is 17.5 Å². The van der Waals surface area contributed by atoms with Gasteiger partial charge in [-0.2, -0.15) is 0 Å². The molecule has 44 heavy (non-hydrogen) atoms. The van der Waals surface area contributed by atoms with Crippen LogP contribution in [0.5, 0.6) is 5.75 Å². The van der Waals surface area contributed by atoms with Crippen LogP contribution < -0.4 is 14.4 Å². The number of nitrogens with zero attached hydrogens (tertiary/aromatic N) is 2. The van der Waals surface area contributed by atoms with E-state index >= 15 is 0 Å². The molecule has 236 valence electrons. The van der Waals surface area contributed by atoms with E-state index in [1.807, 2.05) is 6.92 Å². The molecule has 3 aromatic carbocycles. The first-order valence-electron chi connectivity index (χ1n) is 15.0. The van der Waals surface area contributed by atoms with Gasteiger partial charge in [0.05, 0.1) is 17.2 Å². The number of halogens is 2. The topological polar surface area (TPSA) is 96.0 Å². The standard InChI is InChI=1S/C33H39Cl2N3O5S/c1-3-29(33(40)36-26-13-7-5-8-14-26)37(22-24-19-20-25(34)21-28(24)35)32(39)23-38(30-17-11-12-18-31(30)43-4-2)44(41,42)27-15-9-6-10-16-27/h6,9-12,15-21,26,29H,3-5,7-8,13-14,22-23H2,1-2H3,(H,36,40). The second kappa shape index (κ2) is 15.6. The Labute approximate surface area is 270 Å². The lowest BCUT2D eigenvalue weighted by Gasteiger charge is -2.35. The zero-order chi connectivity index (χ0) is 31.7. The molecule has 8 nitrogen and oxygen atoms in total. The van der Waals surface area contributed by atoms with Gasteiger partial charge in [-0.3, -0.25) is 13.9 Å². The first kappa shape index (κ1) is 33.6. The molecule has 1 saturated carbocycles. The number of anilines is 1. The van der Waals surface area contributed by atoms with Crippen molar-refractivity contribution >= 4 is 50.7 Å². The molecule has 0 bridgehead atoms. The summed E-state index contributed by atoms with van der Waals surface area (Å²) in [4.78, 5) is 29.5. The average molecular weight is 661 g/mol. The summed E-state index contributed by atoms with van der Waals surface area (Å²) in [6, 6.07) is 18.7. The summed E-state index contributed by atoms with van der Waals surface area (Å²) in [5.41, 5.74) is 0.802. The van der Waals surface area contributed by atoms with Gasteiger partial charge in [0.25, 0.3) is 10.0 Å². The van der Waals surface area contributed by atoms with Crippen molar-refractivity contribution in [1.82, 2.24) is 10.2 Å². The van der Waals surface area contributed by atoms with Gasteiger partial charge in [-0.05, 0) is 68.1 Å². The Hall–Kier alpha value is -3.27. The normalized spacial score (nSPS) is 14.5. The maximum absolute atomic E-state index is 14.4. The second-order valence-corrected chi connectivity index (χ2v) is 13.5. The van der Waals surface area contributed by atoms with Crippen LogP contribution in [0, 0.1) is 0 Å². The fraction of sp³-hybridized carbons (Fsp3) is 0.394. The van der Waals surface area contributed by atoms with Crippen molar-refractivity contribution in [1.29, 1.82) is 0 Å². The first-order valence-corrected chi connectivity index (χ1v) is 17.2. The molecule has 0 heterocycles. The lowest BCUT2D eigenvalue weighted by atomic mass is 9.95. The van der Waals surface area contributed by atoms with Crippen LogP contribution in [0.1, 0.15) is 57.9 Å². The molecule has 0 spiro atoms. The van der Waals surface area contributed by atoms with Crippen molar-refractivity contribution in [3.63, 3.8) is 0 Å². The van der Waals surface area contributed by atoms with Gasteiger partial charge < -0.3 is 15.0 Å². The molecular weight excluding hydrogens is 621 g/mol. The summed E-state index contributed by atoms with van der Waals surface area (Å²) in [6.45, 7) is 3.34. The zero-order valence-electron chi connectivity index (χ0n) is 25.0. The zero-order valence-corrected chi connectivity index (χ0v) is 27.4. The maximum Gasteiger partial charge on any atom is 0.264 e. The first-order chi connectivity index (χ1) is 21.1. The molecule has 1 N–H and O–H groups in total. The number of hydrogen-bond donors (Lipinski definition) is 1. The highest BCUT2D eigenvalue weighted by molar-refractivity contribution is 7.92. The van der Waals surface area contributed by atoms with Crippen LogP contribution in [0.15, 0.2) is 77.7 Å². The van der Waals surface area contributed by atoms with Gasteiger partial charge in [-0.1, -0.05) is 85.8 Å². The van der Waals surface area contributed by atoms with E-state index in [0.717, 1.165) is 36.4 Å². The molecule has 1 aliphatic rings. The molecule has 11 heteroatoms. The molecule has 3 aromatic rings. The lowest BCUT2D eigenvalue weighted by Crippen LogP contribution is -2.54. The van der Waals surface area contributed by atoms with Gasteiger partial charge in [0.2, 0.25) is 11.8 Å². The van der Waals surface area contributed by atoms with Crippen LogP contribution in [0.4, 0.5) is 5.69 Å². The number of ether oxygens (including phenoxy) is 1. The number of para-hydroxylation sites is 2. The largest absolute Gasteiger partial charge is 0.492 e. The van der Waals surface area contributed by atoms with Crippen LogP contribution in [-0.4, -0.2) is 50.4 Å². The van der Waals surface area contributed by atoms with E-state index in [2.05, 4.69) is 5.32 Å². The minimum atomic E-state index is -4.22. The van der Waals surface area contributed by atoms with Gasteiger partial charge in [0, 0.05) is 22.6 Å². The minimum Gasteiger partial charge on any atom is -0.492 e. The number of hydrogen-bond acceptors (Lipinski definition) is 5. The molecule has 1 aliphatic carbocycles. The van der Waals surface area contributed by atoms with E-state index in [9.17, 15) is 18.0 Å².